The van der Waals surface area contributed by atoms with Gasteiger partial charge in [0.15, 0.2) is 11.6 Å². The Labute approximate surface area is 88.7 Å². The van der Waals surface area contributed by atoms with Gasteiger partial charge in [-0.1, -0.05) is 0 Å². The zero-order valence-electron chi connectivity index (χ0n) is 9.44. The maximum atomic E-state index is 13.1. The van der Waals surface area contributed by atoms with Crippen molar-refractivity contribution >= 4 is 5.69 Å². The largest absolute Gasteiger partial charge is 0.377 e. The van der Waals surface area contributed by atoms with E-state index in [0.29, 0.717) is 11.3 Å². The van der Waals surface area contributed by atoms with Crippen LogP contribution in [0.1, 0.15) is 19.4 Å². The van der Waals surface area contributed by atoms with E-state index in [9.17, 15) is 8.78 Å². The predicted molar refractivity (Wildman–Crippen MR) is 57.9 cm³/mol. The second-order valence-corrected chi connectivity index (χ2v) is 4.40. The van der Waals surface area contributed by atoms with E-state index in [1.165, 1.54) is 6.07 Å². The van der Waals surface area contributed by atoms with E-state index in [4.69, 9.17) is 5.73 Å². The van der Waals surface area contributed by atoms with Gasteiger partial charge in [-0.25, -0.2) is 8.78 Å². The van der Waals surface area contributed by atoms with Gasteiger partial charge in [-0.3, -0.25) is 0 Å². The average Bonchev–Trinajstić information content (AvgIpc) is 2.06. The van der Waals surface area contributed by atoms with Crippen molar-refractivity contribution in [2.24, 2.45) is 5.73 Å². The first-order valence-corrected chi connectivity index (χ1v) is 4.69. The molecule has 1 rings (SSSR count). The molecule has 1 aromatic carbocycles. The van der Waals surface area contributed by atoms with Crippen molar-refractivity contribution in [1.82, 2.24) is 0 Å². The third-order valence-corrected chi connectivity index (χ3v) is 2.21. The summed E-state index contributed by atoms with van der Waals surface area (Å²) in [5.74, 6) is -1.72. The Bertz CT molecular complexity index is 368. The van der Waals surface area contributed by atoms with Gasteiger partial charge in [0.2, 0.25) is 0 Å². The molecule has 0 fully saturated rings. The van der Waals surface area contributed by atoms with Crippen LogP contribution >= 0.6 is 0 Å². The van der Waals surface area contributed by atoms with E-state index in [-0.39, 0.29) is 0 Å². The fourth-order valence-corrected chi connectivity index (χ4v) is 1.42. The Morgan fingerprint density at radius 2 is 1.60 bits per heavy atom. The van der Waals surface area contributed by atoms with Crippen molar-refractivity contribution in [1.29, 1.82) is 0 Å². The Morgan fingerprint density at radius 1 is 1.13 bits per heavy atom. The van der Waals surface area contributed by atoms with Crippen LogP contribution in [0.15, 0.2) is 12.1 Å². The Hall–Kier alpha value is -1.16. The number of nitrogens with two attached hydrogens (primary N) is 1. The summed E-state index contributed by atoms with van der Waals surface area (Å²) in [6, 6.07) is 2.32. The SMILES string of the molecule is CN(C)c1cc(F)c(F)cc1C(C)(C)N. The van der Waals surface area contributed by atoms with Gasteiger partial charge >= 0.3 is 0 Å². The summed E-state index contributed by atoms with van der Waals surface area (Å²) >= 11 is 0. The summed E-state index contributed by atoms with van der Waals surface area (Å²) in [6.07, 6.45) is 0. The molecule has 0 radical (unpaired) electrons. The summed E-state index contributed by atoms with van der Waals surface area (Å²) in [5.41, 5.74) is 6.39. The normalized spacial score (nSPS) is 11.7. The highest BCUT2D eigenvalue weighted by Gasteiger charge is 2.22. The minimum absolute atomic E-state index is 0.589. The number of halogens is 2. The van der Waals surface area contributed by atoms with Gasteiger partial charge in [-0.05, 0) is 25.5 Å². The highest BCUT2D eigenvalue weighted by Crippen LogP contribution is 2.29. The van der Waals surface area contributed by atoms with E-state index in [1.54, 1.807) is 32.8 Å². The standard InChI is InChI=1S/C11H16F2N2/c1-11(2,14)7-5-8(12)9(13)6-10(7)15(3)4/h5-6H,14H2,1-4H3. The number of benzene rings is 1. The summed E-state index contributed by atoms with van der Waals surface area (Å²) in [6.45, 7) is 3.51. The lowest BCUT2D eigenvalue weighted by Crippen LogP contribution is -2.31. The maximum absolute atomic E-state index is 13.1. The van der Waals surface area contributed by atoms with E-state index in [1.807, 2.05) is 0 Å². The van der Waals surface area contributed by atoms with Gasteiger partial charge in [0.1, 0.15) is 0 Å². The van der Waals surface area contributed by atoms with Crippen molar-refractivity contribution in [3.8, 4) is 0 Å². The second kappa shape index (κ2) is 3.77. The highest BCUT2D eigenvalue weighted by molar-refractivity contribution is 5.55. The fraction of sp³-hybridized carbons (Fsp3) is 0.455. The molecule has 0 aromatic heterocycles. The Balaban J connectivity index is 3.42. The van der Waals surface area contributed by atoms with Crippen LogP contribution < -0.4 is 10.6 Å². The van der Waals surface area contributed by atoms with Crippen LogP contribution in [0.25, 0.3) is 0 Å². The molecule has 4 heteroatoms. The molecule has 0 saturated carbocycles. The van der Waals surface area contributed by atoms with Crippen molar-refractivity contribution in [3.63, 3.8) is 0 Å². The third kappa shape index (κ3) is 2.45. The molecule has 0 heterocycles. The maximum Gasteiger partial charge on any atom is 0.160 e. The quantitative estimate of drug-likeness (QED) is 0.818. The van der Waals surface area contributed by atoms with Crippen LogP contribution in [-0.4, -0.2) is 14.1 Å². The molecule has 2 nitrogen and oxygen atoms in total. The molecule has 0 aliphatic carbocycles. The molecule has 0 atom stereocenters. The number of anilines is 1. The smallest absolute Gasteiger partial charge is 0.160 e. The molecule has 84 valence electrons. The Kier molecular flexibility index (Phi) is 3.00. The monoisotopic (exact) mass is 214 g/mol. The van der Waals surface area contributed by atoms with Crippen LogP contribution in [-0.2, 0) is 5.54 Å². The molecule has 0 bridgehead atoms. The summed E-state index contributed by atoms with van der Waals surface area (Å²) in [4.78, 5) is 1.71. The van der Waals surface area contributed by atoms with E-state index >= 15 is 0 Å². The lowest BCUT2D eigenvalue weighted by molar-refractivity contribution is 0.494. The predicted octanol–water partition coefficient (Wildman–Crippen LogP) is 2.22. The van der Waals surface area contributed by atoms with Gasteiger partial charge in [0.05, 0.1) is 0 Å². The lowest BCUT2D eigenvalue weighted by atomic mass is 9.93. The minimum atomic E-state index is -0.867. The first kappa shape index (κ1) is 11.9. The minimum Gasteiger partial charge on any atom is -0.377 e. The molecule has 0 aliphatic heterocycles. The van der Waals surface area contributed by atoms with Gasteiger partial charge in [0.25, 0.3) is 0 Å². The van der Waals surface area contributed by atoms with Crippen molar-refractivity contribution in [2.75, 3.05) is 19.0 Å². The molecule has 0 aliphatic rings. The molecule has 0 unspecified atom stereocenters. The van der Waals surface area contributed by atoms with Crippen molar-refractivity contribution < 1.29 is 8.78 Å². The first-order chi connectivity index (χ1) is 6.73. The van der Waals surface area contributed by atoms with Crippen LogP contribution in [0.3, 0.4) is 0 Å². The number of nitrogens with zero attached hydrogens (tertiary/aromatic N) is 1. The van der Waals surface area contributed by atoms with E-state index in [2.05, 4.69) is 0 Å². The van der Waals surface area contributed by atoms with E-state index < -0.39 is 17.2 Å². The third-order valence-electron chi connectivity index (χ3n) is 2.21. The molecular formula is C11H16F2N2. The second-order valence-electron chi connectivity index (χ2n) is 4.40. The van der Waals surface area contributed by atoms with Crippen molar-refractivity contribution in [3.05, 3.63) is 29.3 Å². The molecular weight excluding hydrogens is 198 g/mol. The van der Waals surface area contributed by atoms with Crippen LogP contribution in [0, 0.1) is 11.6 Å². The topological polar surface area (TPSA) is 29.3 Å². The average molecular weight is 214 g/mol. The van der Waals surface area contributed by atoms with Crippen LogP contribution in [0.4, 0.5) is 14.5 Å². The number of hydrogen-bond donors (Lipinski definition) is 1. The molecule has 0 amide bonds. The molecule has 1 aromatic rings. The van der Waals surface area contributed by atoms with Crippen LogP contribution in [0.2, 0.25) is 0 Å². The van der Waals surface area contributed by atoms with Gasteiger partial charge in [-0.15, -0.1) is 0 Å². The zero-order chi connectivity index (χ0) is 11.8. The van der Waals surface area contributed by atoms with Gasteiger partial charge in [-0.2, -0.15) is 0 Å². The summed E-state index contributed by atoms with van der Waals surface area (Å²) < 4.78 is 26.2. The van der Waals surface area contributed by atoms with E-state index in [0.717, 1.165) is 6.07 Å². The van der Waals surface area contributed by atoms with Gasteiger partial charge in [0, 0.05) is 31.4 Å². The highest BCUT2D eigenvalue weighted by atomic mass is 19.2. The molecule has 0 saturated heterocycles. The number of rotatable bonds is 2. The summed E-state index contributed by atoms with van der Waals surface area (Å²) in [7, 11) is 3.53. The Morgan fingerprint density at radius 3 is 2.00 bits per heavy atom. The van der Waals surface area contributed by atoms with Crippen LogP contribution in [0.5, 0.6) is 0 Å². The van der Waals surface area contributed by atoms with Gasteiger partial charge < -0.3 is 10.6 Å². The zero-order valence-corrected chi connectivity index (χ0v) is 9.44. The molecule has 0 spiro atoms. The number of hydrogen-bond acceptors (Lipinski definition) is 2. The van der Waals surface area contributed by atoms with Crippen molar-refractivity contribution in [2.45, 2.75) is 19.4 Å². The molecule has 15 heavy (non-hydrogen) atoms. The fourth-order valence-electron chi connectivity index (χ4n) is 1.42. The summed E-state index contributed by atoms with van der Waals surface area (Å²) in [5, 5.41) is 0. The lowest BCUT2D eigenvalue weighted by Gasteiger charge is -2.26. The molecule has 2 N–H and O–H groups in total. The first-order valence-electron chi connectivity index (χ1n) is 4.69.